The van der Waals surface area contributed by atoms with E-state index >= 15 is 0 Å². The van der Waals surface area contributed by atoms with Crippen LogP contribution in [0.5, 0.6) is 0 Å². The number of anilines is 1. The molecule has 1 N–H and O–H groups in total. The van der Waals surface area contributed by atoms with Gasteiger partial charge in [0.1, 0.15) is 28.4 Å². The van der Waals surface area contributed by atoms with Gasteiger partial charge in [0.15, 0.2) is 0 Å². The fourth-order valence-corrected chi connectivity index (χ4v) is 4.77. The number of carbonyl (C=O) groups is 3. The number of aromatic nitrogens is 3. The van der Waals surface area contributed by atoms with Crippen molar-refractivity contribution in [1.29, 1.82) is 0 Å². The van der Waals surface area contributed by atoms with Crippen molar-refractivity contribution in [1.82, 2.24) is 24.2 Å². The van der Waals surface area contributed by atoms with Crippen LogP contribution in [0.15, 0.2) is 67.1 Å². The maximum absolute atomic E-state index is 13.2. The van der Waals surface area contributed by atoms with Crippen LogP contribution >= 0.6 is 0 Å². The van der Waals surface area contributed by atoms with Gasteiger partial charge in [-0.15, -0.1) is 0 Å². The Kier molecular flexibility index (Phi) is 9.00. The van der Waals surface area contributed by atoms with Crippen LogP contribution in [0.4, 0.5) is 15.4 Å². The van der Waals surface area contributed by atoms with Crippen LogP contribution in [0, 0.1) is 11.8 Å². The topological polar surface area (TPSA) is 118 Å². The highest BCUT2D eigenvalue weighted by molar-refractivity contribution is 5.95. The van der Waals surface area contributed by atoms with E-state index in [1.165, 1.54) is 0 Å². The molecule has 0 saturated carbocycles. The second-order valence-corrected chi connectivity index (χ2v) is 12.9. The molecule has 1 fully saturated rings. The molecule has 46 heavy (non-hydrogen) atoms. The molecule has 3 aromatic heterocycles. The predicted molar refractivity (Wildman–Crippen MR) is 174 cm³/mol. The van der Waals surface area contributed by atoms with Crippen LogP contribution in [0.2, 0.25) is 0 Å². The molecule has 11 nitrogen and oxygen atoms in total. The van der Waals surface area contributed by atoms with E-state index in [2.05, 4.69) is 27.1 Å². The van der Waals surface area contributed by atoms with Gasteiger partial charge in [0.25, 0.3) is 5.91 Å². The van der Waals surface area contributed by atoms with Crippen molar-refractivity contribution >= 4 is 29.6 Å². The van der Waals surface area contributed by atoms with Gasteiger partial charge >= 0.3 is 12.2 Å². The number of fused-ring (bicyclic) bond motifs is 1. The van der Waals surface area contributed by atoms with Crippen molar-refractivity contribution in [3.8, 4) is 23.0 Å². The lowest BCUT2D eigenvalue weighted by atomic mass is 10.0. The standard InChI is InChI=1S/C35H38N6O5/c1-34(2,3)45-32(43)38-29-21-24(15-16-36-29)7-13-28-22-37-30-14-12-27(23-41(28)30)25-8-10-26(11-9-25)31(42)39-17-19-40(20-18-39)33(44)46-35(4,5)6/h8-12,14-16,21-23H,17-20H2,1-6H3,(H,36,38,43). The highest BCUT2D eigenvalue weighted by Crippen LogP contribution is 2.23. The predicted octanol–water partition coefficient (Wildman–Crippen LogP) is 5.84. The zero-order valence-electron chi connectivity index (χ0n) is 27.0. The van der Waals surface area contributed by atoms with Crippen molar-refractivity contribution in [2.24, 2.45) is 0 Å². The van der Waals surface area contributed by atoms with Crippen LogP contribution in [0.1, 0.15) is 63.2 Å². The molecule has 1 saturated heterocycles. The first kappa shape index (κ1) is 32.0. The van der Waals surface area contributed by atoms with Crippen LogP contribution < -0.4 is 5.32 Å². The monoisotopic (exact) mass is 622 g/mol. The molecule has 1 aromatic carbocycles. The lowest BCUT2D eigenvalue weighted by molar-refractivity contribution is 0.0141. The van der Waals surface area contributed by atoms with Gasteiger partial charge in [0, 0.05) is 49.7 Å². The molecule has 1 aliphatic rings. The number of nitrogens with zero attached hydrogens (tertiary/aromatic N) is 5. The molecule has 0 unspecified atom stereocenters. The zero-order chi connectivity index (χ0) is 33.1. The highest BCUT2D eigenvalue weighted by Gasteiger charge is 2.28. The van der Waals surface area contributed by atoms with Crippen molar-refractivity contribution in [2.45, 2.75) is 52.7 Å². The third-order valence-electron chi connectivity index (χ3n) is 6.91. The Morgan fingerprint density at radius 3 is 2.11 bits per heavy atom. The molecule has 0 bridgehead atoms. The van der Waals surface area contributed by atoms with E-state index in [9.17, 15) is 14.4 Å². The van der Waals surface area contributed by atoms with Crippen molar-refractivity contribution in [3.63, 3.8) is 0 Å². The maximum Gasteiger partial charge on any atom is 0.413 e. The summed E-state index contributed by atoms with van der Waals surface area (Å²) in [6.45, 7) is 12.6. The molecule has 0 spiro atoms. The molecule has 0 atom stereocenters. The van der Waals surface area contributed by atoms with Gasteiger partial charge in [-0.1, -0.05) is 18.1 Å². The highest BCUT2D eigenvalue weighted by atomic mass is 16.6. The van der Waals surface area contributed by atoms with Crippen molar-refractivity contribution < 1.29 is 23.9 Å². The van der Waals surface area contributed by atoms with Crippen molar-refractivity contribution in [2.75, 3.05) is 31.5 Å². The lowest BCUT2D eigenvalue weighted by Gasteiger charge is -2.35. The Bertz CT molecular complexity index is 1810. The number of amides is 3. The van der Waals surface area contributed by atoms with Gasteiger partial charge in [0.05, 0.1) is 6.20 Å². The first-order valence-electron chi connectivity index (χ1n) is 15.1. The summed E-state index contributed by atoms with van der Waals surface area (Å²) in [5.41, 5.74) is 3.38. The molecule has 4 heterocycles. The number of pyridine rings is 2. The van der Waals surface area contributed by atoms with Crippen LogP contribution in [-0.4, -0.2) is 79.6 Å². The summed E-state index contributed by atoms with van der Waals surface area (Å²) in [6, 6.07) is 14.8. The Labute approximate surface area is 268 Å². The largest absolute Gasteiger partial charge is 0.444 e. The molecule has 238 valence electrons. The minimum absolute atomic E-state index is 0.0708. The fraction of sp³-hybridized carbons (Fsp3) is 0.343. The van der Waals surface area contributed by atoms with Gasteiger partial charge in [-0.2, -0.15) is 0 Å². The second kappa shape index (κ2) is 12.9. The second-order valence-electron chi connectivity index (χ2n) is 12.9. The molecular weight excluding hydrogens is 584 g/mol. The van der Waals surface area contributed by atoms with Gasteiger partial charge < -0.3 is 19.3 Å². The first-order valence-corrected chi connectivity index (χ1v) is 15.1. The van der Waals surface area contributed by atoms with Gasteiger partial charge in [0.2, 0.25) is 0 Å². The number of ether oxygens (including phenoxy) is 2. The van der Waals surface area contributed by atoms with E-state index < -0.39 is 17.3 Å². The Morgan fingerprint density at radius 2 is 1.43 bits per heavy atom. The normalized spacial score (nSPS) is 13.5. The molecule has 0 radical (unpaired) electrons. The summed E-state index contributed by atoms with van der Waals surface area (Å²) in [7, 11) is 0. The summed E-state index contributed by atoms with van der Waals surface area (Å²) in [5, 5.41) is 2.63. The number of nitrogens with one attached hydrogen (secondary N) is 1. The fourth-order valence-electron chi connectivity index (χ4n) is 4.77. The maximum atomic E-state index is 13.2. The third-order valence-corrected chi connectivity index (χ3v) is 6.91. The first-order chi connectivity index (χ1) is 21.7. The van der Waals surface area contributed by atoms with E-state index in [0.717, 1.165) is 16.8 Å². The molecule has 0 aliphatic carbocycles. The van der Waals surface area contributed by atoms with Gasteiger partial charge in [-0.3, -0.25) is 14.5 Å². The Morgan fingerprint density at radius 1 is 0.783 bits per heavy atom. The number of hydrogen-bond donors (Lipinski definition) is 1. The van der Waals surface area contributed by atoms with Crippen LogP contribution in [-0.2, 0) is 9.47 Å². The Hall–Kier alpha value is -5.37. The summed E-state index contributed by atoms with van der Waals surface area (Å²) in [5.74, 6) is 6.54. The average Bonchev–Trinajstić information content (AvgIpc) is 3.40. The van der Waals surface area contributed by atoms with Gasteiger partial charge in [-0.25, -0.2) is 19.6 Å². The minimum atomic E-state index is -0.620. The molecule has 11 heteroatoms. The summed E-state index contributed by atoms with van der Waals surface area (Å²) < 4.78 is 12.7. The van der Waals surface area contributed by atoms with Crippen molar-refractivity contribution in [3.05, 3.63) is 83.9 Å². The van der Waals surface area contributed by atoms with Crippen LogP contribution in [0.3, 0.4) is 0 Å². The number of hydrogen-bond acceptors (Lipinski definition) is 7. The summed E-state index contributed by atoms with van der Waals surface area (Å²) in [6.07, 6.45) is 4.29. The zero-order valence-corrected chi connectivity index (χ0v) is 27.0. The van der Waals surface area contributed by atoms with E-state index in [4.69, 9.17) is 9.47 Å². The minimum Gasteiger partial charge on any atom is -0.444 e. The molecular formula is C35H38N6O5. The van der Waals surface area contributed by atoms with E-state index in [-0.39, 0.29) is 12.0 Å². The number of piperazine rings is 1. The Balaban J connectivity index is 1.25. The van der Waals surface area contributed by atoms with Crippen LogP contribution in [0.25, 0.3) is 16.8 Å². The molecule has 1 aliphatic heterocycles. The van der Waals surface area contributed by atoms with Gasteiger partial charge in [-0.05, 0) is 95.0 Å². The SMILES string of the molecule is CC(C)(C)OC(=O)Nc1cc(C#Cc2cnc3ccc(-c4ccc(C(=O)N5CCN(C(=O)OC(C)(C)C)CC5)cc4)cn23)ccn1. The quantitative estimate of drug-likeness (QED) is 0.286. The third kappa shape index (κ3) is 8.21. The summed E-state index contributed by atoms with van der Waals surface area (Å²) in [4.78, 5) is 49.7. The summed E-state index contributed by atoms with van der Waals surface area (Å²) >= 11 is 0. The number of rotatable bonds is 3. The molecule has 5 rings (SSSR count). The van der Waals surface area contributed by atoms with E-state index in [1.807, 2.05) is 67.8 Å². The molecule has 4 aromatic rings. The number of imidazole rings is 1. The smallest absolute Gasteiger partial charge is 0.413 e. The average molecular weight is 623 g/mol. The lowest BCUT2D eigenvalue weighted by Crippen LogP contribution is -2.51. The van der Waals surface area contributed by atoms with E-state index in [1.54, 1.807) is 55.1 Å². The number of benzene rings is 1. The number of carbonyl (C=O) groups excluding carboxylic acids is 3. The molecule has 3 amide bonds. The van der Waals surface area contributed by atoms with E-state index in [0.29, 0.717) is 48.8 Å².